The molecule has 2 rings (SSSR count). The van der Waals surface area contributed by atoms with Crippen LogP contribution in [0.4, 0.5) is 0 Å². The number of methoxy groups -OCH3 is 1. The van der Waals surface area contributed by atoms with Crippen LogP contribution in [0.2, 0.25) is 0 Å². The fourth-order valence-electron chi connectivity index (χ4n) is 1.67. The van der Waals surface area contributed by atoms with Crippen LogP contribution >= 0.6 is 0 Å². The first-order chi connectivity index (χ1) is 8.70. The highest BCUT2D eigenvalue weighted by molar-refractivity contribution is 6.00. The number of amidine groups is 1. The average Bonchev–Trinajstić information content (AvgIpc) is 2.90. The van der Waals surface area contributed by atoms with Crippen molar-refractivity contribution in [1.29, 1.82) is 0 Å². The van der Waals surface area contributed by atoms with Gasteiger partial charge >= 0.3 is 0 Å². The molecule has 1 aromatic rings. The number of rotatable bonds is 5. The Bertz CT molecular complexity index is 485. The monoisotopic (exact) mass is 249 g/mol. The van der Waals surface area contributed by atoms with Crippen LogP contribution in [0.3, 0.4) is 0 Å². The molecule has 1 aromatic carbocycles. The molecule has 96 valence electrons. The highest BCUT2D eigenvalue weighted by atomic mass is 16.5. The lowest BCUT2D eigenvalue weighted by molar-refractivity contribution is -0.119. The lowest BCUT2D eigenvalue weighted by atomic mass is 10.2. The van der Waals surface area contributed by atoms with Crippen molar-refractivity contribution in [3.05, 3.63) is 23.8 Å². The second-order valence-electron chi connectivity index (χ2n) is 3.78. The number of benzene rings is 1. The van der Waals surface area contributed by atoms with Crippen LogP contribution in [0.15, 0.2) is 23.2 Å². The molecular weight excluding hydrogens is 234 g/mol. The van der Waals surface area contributed by atoms with Gasteiger partial charge < -0.3 is 20.5 Å². The molecule has 18 heavy (non-hydrogen) atoms. The molecule has 0 atom stereocenters. The van der Waals surface area contributed by atoms with Crippen molar-refractivity contribution in [2.45, 2.75) is 0 Å². The SMILES string of the molecule is COc1cc(C2=NCCN2)ccc1OCC(N)=O. The number of hydrogen-bond donors (Lipinski definition) is 2. The smallest absolute Gasteiger partial charge is 0.255 e. The van der Waals surface area contributed by atoms with E-state index in [1.165, 1.54) is 0 Å². The summed E-state index contributed by atoms with van der Waals surface area (Å²) in [5.74, 6) is 1.35. The van der Waals surface area contributed by atoms with E-state index in [0.29, 0.717) is 11.5 Å². The van der Waals surface area contributed by atoms with E-state index in [9.17, 15) is 4.79 Å². The van der Waals surface area contributed by atoms with E-state index < -0.39 is 5.91 Å². The minimum absolute atomic E-state index is 0.172. The fourth-order valence-corrected chi connectivity index (χ4v) is 1.67. The highest BCUT2D eigenvalue weighted by Gasteiger charge is 2.12. The van der Waals surface area contributed by atoms with Crippen LogP contribution in [0.5, 0.6) is 11.5 Å². The van der Waals surface area contributed by atoms with Gasteiger partial charge in [0.1, 0.15) is 5.84 Å². The van der Waals surface area contributed by atoms with Crippen molar-refractivity contribution in [3.8, 4) is 11.5 Å². The Balaban J connectivity index is 2.19. The number of nitrogens with two attached hydrogens (primary N) is 1. The van der Waals surface area contributed by atoms with E-state index in [2.05, 4.69) is 10.3 Å². The number of carbonyl (C=O) groups is 1. The Labute approximate surface area is 105 Å². The molecule has 6 heteroatoms. The standard InChI is InChI=1S/C12H15N3O3/c1-17-10-6-8(12-14-4-5-15-12)2-3-9(10)18-7-11(13)16/h2-3,6H,4-5,7H2,1H3,(H2,13,16)(H,14,15). The second kappa shape index (κ2) is 5.39. The van der Waals surface area contributed by atoms with E-state index in [-0.39, 0.29) is 6.61 Å². The predicted molar refractivity (Wildman–Crippen MR) is 67.1 cm³/mol. The lowest BCUT2D eigenvalue weighted by Gasteiger charge is -2.11. The van der Waals surface area contributed by atoms with Crippen LogP contribution in [0.25, 0.3) is 0 Å². The maximum atomic E-state index is 10.7. The summed E-state index contributed by atoms with van der Waals surface area (Å²) < 4.78 is 10.5. The number of nitrogens with zero attached hydrogens (tertiary/aromatic N) is 1. The van der Waals surface area contributed by atoms with Gasteiger partial charge in [0.2, 0.25) is 0 Å². The first kappa shape index (κ1) is 12.2. The van der Waals surface area contributed by atoms with Gasteiger partial charge in [-0.25, -0.2) is 0 Å². The maximum Gasteiger partial charge on any atom is 0.255 e. The summed E-state index contributed by atoms with van der Waals surface area (Å²) in [6.07, 6.45) is 0. The van der Waals surface area contributed by atoms with Crippen molar-refractivity contribution in [2.24, 2.45) is 10.7 Å². The molecule has 0 saturated heterocycles. The molecule has 1 aliphatic heterocycles. The third-order valence-electron chi connectivity index (χ3n) is 2.48. The molecule has 0 aromatic heterocycles. The quantitative estimate of drug-likeness (QED) is 0.763. The largest absolute Gasteiger partial charge is 0.493 e. The molecule has 0 fully saturated rings. The molecule has 0 saturated carbocycles. The number of primary amides is 1. The Hall–Kier alpha value is -2.24. The van der Waals surface area contributed by atoms with Crippen molar-refractivity contribution < 1.29 is 14.3 Å². The molecular formula is C12H15N3O3. The van der Waals surface area contributed by atoms with Crippen molar-refractivity contribution >= 4 is 11.7 Å². The summed E-state index contributed by atoms with van der Waals surface area (Å²) in [6, 6.07) is 5.41. The van der Waals surface area contributed by atoms with Gasteiger partial charge in [-0.15, -0.1) is 0 Å². The molecule has 1 heterocycles. The van der Waals surface area contributed by atoms with E-state index in [1.807, 2.05) is 12.1 Å². The van der Waals surface area contributed by atoms with Gasteiger partial charge in [0.15, 0.2) is 18.1 Å². The van der Waals surface area contributed by atoms with Gasteiger partial charge in [-0.1, -0.05) is 0 Å². The topological polar surface area (TPSA) is 85.9 Å². The summed E-state index contributed by atoms with van der Waals surface area (Å²) in [4.78, 5) is 15.0. The first-order valence-electron chi connectivity index (χ1n) is 5.58. The fraction of sp³-hybridized carbons (Fsp3) is 0.333. The Morgan fingerprint density at radius 2 is 2.33 bits per heavy atom. The van der Waals surface area contributed by atoms with E-state index in [1.54, 1.807) is 13.2 Å². The number of amides is 1. The molecule has 0 radical (unpaired) electrons. The molecule has 1 amide bonds. The minimum atomic E-state index is -0.525. The van der Waals surface area contributed by atoms with E-state index in [4.69, 9.17) is 15.2 Å². The van der Waals surface area contributed by atoms with Crippen LogP contribution < -0.4 is 20.5 Å². The Morgan fingerprint density at radius 3 is 2.94 bits per heavy atom. The third kappa shape index (κ3) is 2.71. The van der Waals surface area contributed by atoms with Crippen LogP contribution in [-0.2, 0) is 4.79 Å². The maximum absolute atomic E-state index is 10.7. The molecule has 0 aliphatic carbocycles. The van der Waals surface area contributed by atoms with Crippen LogP contribution in [0.1, 0.15) is 5.56 Å². The molecule has 0 bridgehead atoms. The van der Waals surface area contributed by atoms with Crippen LogP contribution in [-0.4, -0.2) is 38.5 Å². The number of carbonyl (C=O) groups excluding carboxylic acids is 1. The van der Waals surface area contributed by atoms with Gasteiger partial charge in [0.25, 0.3) is 5.91 Å². The zero-order valence-electron chi connectivity index (χ0n) is 10.1. The molecule has 0 spiro atoms. The highest BCUT2D eigenvalue weighted by Crippen LogP contribution is 2.28. The number of aliphatic imine (C=N–C) groups is 1. The van der Waals surface area contributed by atoms with Crippen molar-refractivity contribution in [3.63, 3.8) is 0 Å². The van der Waals surface area contributed by atoms with Crippen molar-refractivity contribution in [1.82, 2.24) is 5.32 Å². The summed E-state index contributed by atoms with van der Waals surface area (Å²) in [5.41, 5.74) is 5.95. The lowest BCUT2D eigenvalue weighted by Crippen LogP contribution is -2.21. The molecule has 3 N–H and O–H groups in total. The zero-order chi connectivity index (χ0) is 13.0. The van der Waals surface area contributed by atoms with Crippen molar-refractivity contribution in [2.75, 3.05) is 26.8 Å². The Kier molecular flexibility index (Phi) is 3.66. The van der Waals surface area contributed by atoms with Crippen LogP contribution in [0, 0.1) is 0 Å². The van der Waals surface area contributed by atoms with Gasteiger partial charge in [-0.3, -0.25) is 9.79 Å². The van der Waals surface area contributed by atoms with Gasteiger partial charge in [-0.05, 0) is 18.2 Å². The number of nitrogens with one attached hydrogen (secondary N) is 1. The molecule has 1 aliphatic rings. The summed E-state index contributed by atoms with van der Waals surface area (Å²) in [5, 5.41) is 3.17. The normalized spacial score (nSPS) is 13.7. The number of ether oxygens (including phenoxy) is 2. The summed E-state index contributed by atoms with van der Waals surface area (Å²) in [7, 11) is 1.54. The number of hydrogen-bond acceptors (Lipinski definition) is 5. The molecule has 6 nitrogen and oxygen atoms in total. The average molecular weight is 249 g/mol. The first-order valence-corrected chi connectivity index (χ1v) is 5.58. The van der Waals surface area contributed by atoms with E-state index >= 15 is 0 Å². The van der Waals surface area contributed by atoms with Gasteiger partial charge in [0.05, 0.1) is 13.7 Å². The predicted octanol–water partition coefficient (Wildman–Crippen LogP) is -0.0909. The zero-order valence-corrected chi connectivity index (χ0v) is 10.1. The van der Waals surface area contributed by atoms with Gasteiger partial charge in [0, 0.05) is 12.1 Å². The second-order valence-corrected chi connectivity index (χ2v) is 3.78. The molecule has 0 unspecified atom stereocenters. The third-order valence-corrected chi connectivity index (χ3v) is 2.48. The Morgan fingerprint density at radius 1 is 1.50 bits per heavy atom. The summed E-state index contributed by atoms with van der Waals surface area (Å²) >= 11 is 0. The summed E-state index contributed by atoms with van der Waals surface area (Å²) in [6.45, 7) is 1.45. The van der Waals surface area contributed by atoms with Gasteiger partial charge in [-0.2, -0.15) is 0 Å². The van der Waals surface area contributed by atoms with E-state index in [0.717, 1.165) is 24.5 Å². The minimum Gasteiger partial charge on any atom is -0.493 e.